The highest BCUT2D eigenvalue weighted by Gasteiger charge is 2.60. The van der Waals surface area contributed by atoms with Gasteiger partial charge in [0.25, 0.3) is 0 Å². The van der Waals surface area contributed by atoms with E-state index in [2.05, 4.69) is 43.2 Å². The zero-order valence-electron chi connectivity index (χ0n) is 12.4. The Bertz CT molecular complexity index is 440. The molecule has 1 aromatic rings. The summed E-state index contributed by atoms with van der Waals surface area (Å²) in [5.41, 5.74) is 2.19. The molecule has 0 aliphatic heterocycles. The van der Waals surface area contributed by atoms with Crippen molar-refractivity contribution in [1.82, 2.24) is 10.3 Å². The Morgan fingerprint density at radius 2 is 2.16 bits per heavy atom. The van der Waals surface area contributed by atoms with Crippen molar-refractivity contribution >= 4 is 0 Å². The van der Waals surface area contributed by atoms with Gasteiger partial charge in [0.15, 0.2) is 0 Å². The lowest BCUT2D eigenvalue weighted by molar-refractivity contribution is 0.121. The lowest BCUT2D eigenvalue weighted by Crippen LogP contribution is -2.45. The first-order valence-corrected chi connectivity index (χ1v) is 7.67. The largest absolute Gasteiger partial charge is 0.313 e. The van der Waals surface area contributed by atoms with Gasteiger partial charge in [0, 0.05) is 30.9 Å². The molecule has 19 heavy (non-hydrogen) atoms. The second kappa shape index (κ2) is 4.59. The Balaban J connectivity index is 1.58. The Kier molecular flexibility index (Phi) is 3.17. The predicted octanol–water partition coefficient (Wildman–Crippen LogP) is 3.43. The average Bonchev–Trinajstić information content (AvgIpc) is 2.73. The first-order chi connectivity index (χ1) is 9.04. The summed E-state index contributed by atoms with van der Waals surface area (Å²) in [6, 6.07) is 6.87. The SMILES string of the molecule is CC1(C)[C@@H]2CC[C@@]1(C)[C@H](NCCc1ccccn1)C2. The molecular weight excluding hydrogens is 232 g/mol. The van der Waals surface area contributed by atoms with Crippen LogP contribution in [0, 0.1) is 16.7 Å². The van der Waals surface area contributed by atoms with E-state index in [1.165, 1.54) is 25.0 Å². The Labute approximate surface area is 117 Å². The quantitative estimate of drug-likeness (QED) is 0.895. The minimum atomic E-state index is 0.488. The van der Waals surface area contributed by atoms with E-state index in [-0.39, 0.29) is 0 Å². The Hall–Kier alpha value is -0.890. The number of nitrogens with zero attached hydrogens (tertiary/aromatic N) is 1. The van der Waals surface area contributed by atoms with Crippen molar-refractivity contribution < 1.29 is 0 Å². The fourth-order valence-corrected chi connectivity index (χ4v) is 4.43. The number of nitrogens with one attached hydrogen (secondary N) is 1. The third-order valence-corrected chi connectivity index (χ3v) is 6.29. The van der Waals surface area contributed by atoms with Crippen molar-refractivity contribution in [1.29, 1.82) is 0 Å². The van der Waals surface area contributed by atoms with E-state index in [1.54, 1.807) is 0 Å². The average molecular weight is 258 g/mol. The van der Waals surface area contributed by atoms with Crippen molar-refractivity contribution in [3.05, 3.63) is 30.1 Å². The predicted molar refractivity (Wildman–Crippen MR) is 79.0 cm³/mol. The molecule has 1 N–H and O–H groups in total. The molecule has 2 bridgehead atoms. The van der Waals surface area contributed by atoms with Gasteiger partial charge in [-0.15, -0.1) is 0 Å². The van der Waals surface area contributed by atoms with Gasteiger partial charge < -0.3 is 5.32 Å². The number of aromatic nitrogens is 1. The van der Waals surface area contributed by atoms with Crippen LogP contribution in [0.4, 0.5) is 0 Å². The summed E-state index contributed by atoms with van der Waals surface area (Å²) in [4.78, 5) is 4.40. The van der Waals surface area contributed by atoms with E-state index in [1.807, 2.05) is 12.3 Å². The van der Waals surface area contributed by atoms with E-state index in [0.29, 0.717) is 16.9 Å². The monoisotopic (exact) mass is 258 g/mol. The molecule has 1 aromatic heterocycles. The molecule has 0 amide bonds. The highest BCUT2D eigenvalue weighted by molar-refractivity contribution is 5.13. The second-order valence-corrected chi connectivity index (χ2v) is 7.19. The zero-order valence-corrected chi connectivity index (χ0v) is 12.4. The van der Waals surface area contributed by atoms with Crippen LogP contribution in [0.3, 0.4) is 0 Å². The maximum absolute atomic E-state index is 4.40. The summed E-state index contributed by atoms with van der Waals surface area (Å²) in [5.74, 6) is 0.921. The van der Waals surface area contributed by atoms with E-state index in [0.717, 1.165) is 18.9 Å². The van der Waals surface area contributed by atoms with Crippen molar-refractivity contribution in [2.24, 2.45) is 16.7 Å². The lowest BCUT2D eigenvalue weighted by atomic mass is 9.69. The molecule has 0 unspecified atom stereocenters. The standard InChI is InChI=1S/C17H26N2/c1-16(2)13-7-9-17(16,3)15(12-13)19-11-8-14-6-4-5-10-18-14/h4-6,10,13,15,19H,7-9,11-12H2,1-3H3/t13-,15-,17+/m1/s1. The van der Waals surface area contributed by atoms with Gasteiger partial charge in [-0.25, -0.2) is 0 Å². The van der Waals surface area contributed by atoms with E-state index in [9.17, 15) is 0 Å². The lowest BCUT2D eigenvalue weighted by Gasteiger charge is -2.39. The molecule has 0 aromatic carbocycles. The number of hydrogen-bond donors (Lipinski definition) is 1. The van der Waals surface area contributed by atoms with Crippen molar-refractivity contribution in [3.8, 4) is 0 Å². The van der Waals surface area contributed by atoms with Gasteiger partial charge in [0.05, 0.1) is 0 Å². The Morgan fingerprint density at radius 3 is 2.74 bits per heavy atom. The Morgan fingerprint density at radius 1 is 1.32 bits per heavy atom. The van der Waals surface area contributed by atoms with Crippen LogP contribution in [-0.4, -0.2) is 17.6 Å². The maximum Gasteiger partial charge on any atom is 0.0416 e. The summed E-state index contributed by atoms with van der Waals surface area (Å²) < 4.78 is 0. The van der Waals surface area contributed by atoms with Crippen LogP contribution in [0.15, 0.2) is 24.4 Å². The normalized spacial score (nSPS) is 35.7. The minimum Gasteiger partial charge on any atom is -0.313 e. The summed E-state index contributed by atoms with van der Waals surface area (Å²) >= 11 is 0. The number of fused-ring (bicyclic) bond motifs is 2. The second-order valence-electron chi connectivity index (χ2n) is 7.19. The molecule has 2 nitrogen and oxygen atoms in total. The summed E-state index contributed by atoms with van der Waals surface area (Å²) in [5, 5.41) is 3.82. The summed E-state index contributed by atoms with van der Waals surface area (Å²) in [6.45, 7) is 8.51. The van der Waals surface area contributed by atoms with Gasteiger partial charge in [-0.3, -0.25) is 4.98 Å². The molecule has 0 saturated heterocycles. The van der Waals surface area contributed by atoms with Gasteiger partial charge >= 0.3 is 0 Å². The molecule has 2 heteroatoms. The topological polar surface area (TPSA) is 24.9 Å². The van der Waals surface area contributed by atoms with Crippen molar-refractivity contribution in [2.45, 2.75) is 52.5 Å². The fraction of sp³-hybridized carbons (Fsp3) is 0.706. The zero-order chi connectivity index (χ0) is 13.5. The highest BCUT2D eigenvalue weighted by atomic mass is 15.0. The highest BCUT2D eigenvalue weighted by Crippen LogP contribution is 2.65. The van der Waals surface area contributed by atoms with E-state index >= 15 is 0 Å². The molecule has 2 aliphatic rings. The number of rotatable bonds is 4. The smallest absolute Gasteiger partial charge is 0.0416 e. The van der Waals surface area contributed by atoms with Crippen LogP contribution in [0.1, 0.15) is 45.7 Å². The van der Waals surface area contributed by atoms with Crippen LogP contribution >= 0.6 is 0 Å². The van der Waals surface area contributed by atoms with E-state index in [4.69, 9.17) is 0 Å². The first kappa shape index (κ1) is 13.1. The third kappa shape index (κ3) is 2.01. The molecule has 2 aliphatic carbocycles. The van der Waals surface area contributed by atoms with Gasteiger partial charge in [-0.05, 0) is 48.1 Å². The number of hydrogen-bond acceptors (Lipinski definition) is 2. The van der Waals surface area contributed by atoms with Crippen LogP contribution in [-0.2, 0) is 6.42 Å². The van der Waals surface area contributed by atoms with Gasteiger partial charge in [0.1, 0.15) is 0 Å². The van der Waals surface area contributed by atoms with E-state index < -0.39 is 0 Å². The van der Waals surface area contributed by atoms with Gasteiger partial charge in [-0.1, -0.05) is 26.8 Å². The number of pyridine rings is 1. The molecule has 2 fully saturated rings. The van der Waals surface area contributed by atoms with Gasteiger partial charge in [0.2, 0.25) is 0 Å². The first-order valence-electron chi connectivity index (χ1n) is 7.67. The van der Waals surface area contributed by atoms with Crippen molar-refractivity contribution in [3.63, 3.8) is 0 Å². The van der Waals surface area contributed by atoms with Crippen molar-refractivity contribution in [2.75, 3.05) is 6.54 Å². The van der Waals surface area contributed by atoms with Crippen LogP contribution < -0.4 is 5.32 Å². The molecule has 0 spiro atoms. The molecular formula is C17H26N2. The van der Waals surface area contributed by atoms with Crippen LogP contribution in [0.2, 0.25) is 0 Å². The van der Waals surface area contributed by atoms with Crippen LogP contribution in [0.25, 0.3) is 0 Å². The minimum absolute atomic E-state index is 0.488. The molecule has 1 heterocycles. The molecule has 2 saturated carbocycles. The summed E-state index contributed by atoms with van der Waals surface area (Å²) in [7, 11) is 0. The molecule has 3 rings (SSSR count). The van der Waals surface area contributed by atoms with Gasteiger partial charge in [-0.2, -0.15) is 0 Å². The third-order valence-electron chi connectivity index (χ3n) is 6.29. The molecule has 0 radical (unpaired) electrons. The molecule has 3 atom stereocenters. The summed E-state index contributed by atoms with van der Waals surface area (Å²) in [6.07, 6.45) is 7.12. The fourth-order valence-electron chi connectivity index (χ4n) is 4.43. The van der Waals surface area contributed by atoms with Crippen LogP contribution in [0.5, 0.6) is 0 Å². The maximum atomic E-state index is 4.40. The molecule has 104 valence electrons.